The van der Waals surface area contributed by atoms with E-state index in [2.05, 4.69) is 42.3 Å². The van der Waals surface area contributed by atoms with Crippen LogP contribution in [0.5, 0.6) is 0 Å². The minimum absolute atomic E-state index is 0.0515. The smallest absolute Gasteiger partial charge is 0.262 e. The number of carbonyl (C=O) groups excluding carboxylic acids is 1. The molecule has 0 unspecified atom stereocenters. The number of carbonyl (C=O) groups is 1. The summed E-state index contributed by atoms with van der Waals surface area (Å²) < 4.78 is 0. The normalized spacial score (nSPS) is 15.5. The van der Waals surface area contributed by atoms with Gasteiger partial charge in [-0.1, -0.05) is 23.7 Å². The number of benzene rings is 2. The van der Waals surface area contributed by atoms with E-state index in [0.717, 1.165) is 24.5 Å². The lowest BCUT2D eigenvalue weighted by Crippen LogP contribution is -2.56. The molecule has 27 heavy (non-hydrogen) atoms. The summed E-state index contributed by atoms with van der Waals surface area (Å²) in [5.74, 6) is -0.0515. The minimum Gasteiger partial charge on any atom is -0.373 e. The summed E-state index contributed by atoms with van der Waals surface area (Å²) in [6, 6.07) is 13.4. The van der Waals surface area contributed by atoms with Gasteiger partial charge >= 0.3 is 0 Å². The van der Waals surface area contributed by atoms with Gasteiger partial charge in [0.1, 0.15) is 5.66 Å². The van der Waals surface area contributed by atoms with Crippen molar-refractivity contribution in [1.29, 1.82) is 0 Å². The highest BCUT2D eigenvalue weighted by Crippen LogP contribution is 2.39. The molecule has 6 heteroatoms. The van der Waals surface area contributed by atoms with Gasteiger partial charge in [-0.2, -0.15) is 0 Å². The maximum absolute atomic E-state index is 13.3. The number of nitrogens with one attached hydrogen (secondary N) is 1. The van der Waals surface area contributed by atoms with Gasteiger partial charge in [-0.05, 0) is 58.3 Å². The molecule has 0 aromatic heterocycles. The summed E-state index contributed by atoms with van der Waals surface area (Å²) in [6.45, 7) is 5.85. The van der Waals surface area contributed by atoms with Crippen LogP contribution in [0.1, 0.15) is 24.2 Å². The second-order valence-electron chi connectivity index (χ2n) is 7.73. The Hall–Kier alpha value is -2.24. The maximum atomic E-state index is 13.3. The van der Waals surface area contributed by atoms with Gasteiger partial charge < -0.3 is 15.1 Å². The standard InChI is InChI=1S/C21H27ClN4O/c1-21(2)23-18-14-15(25(5)13-12-24(3)4)10-11-16(18)20(27)26(21)19-9-7-6-8-17(19)22/h6-11,14,23H,12-13H2,1-5H3. The Labute approximate surface area is 166 Å². The molecule has 0 bridgehead atoms. The first kappa shape index (κ1) is 19.5. The average molecular weight is 387 g/mol. The molecule has 0 atom stereocenters. The van der Waals surface area contributed by atoms with Crippen LogP contribution in [-0.2, 0) is 0 Å². The molecular formula is C21H27ClN4O. The van der Waals surface area contributed by atoms with E-state index in [0.29, 0.717) is 16.3 Å². The number of para-hydroxylation sites is 1. The molecule has 0 saturated carbocycles. The molecule has 0 spiro atoms. The first-order chi connectivity index (χ1) is 12.7. The zero-order chi connectivity index (χ0) is 19.8. The molecule has 0 saturated heterocycles. The van der Waals surface area contributed by atoms with E-state index in [4.69, 9.17) is 11.6 Å². The molecule has 1 aliphatic heterocycles. The van der Waals surface area contributed by atoms with Gasteiger partial charge in [-0.25, -0.2) is 0 Å². The summed E-state index contributed by atoms with van der Waals surface area (Å²) in [4.78, 5) is 19.4. The molecule has 5 nitrogen and oxygen atoms in total. The van der Waals surface area contributed by atoms with Crippen LogP contribution in [0, 0.1) is 0 Å². The van der Waals surface area contributed by atoms with Crippen LogP contribution in [-0.4, -0.2) is 50.7 Å². The van der Waals surface area contributed by atoms with Gasteiger partial charge in [0, 0.05) is 25.8 Å². The van der Waals surface area contributed by atoms with Crippen LogP contribution >= 0.6 is 11.6 Å². The third kappa shape index (κ3) is 3.89. The van der Waals surface area contributed by atoms with Crippen molar-refractivity contribution in [2.75, 3.05) is 49.3 Å². The van der Waals surface area contributed by atoms with Gasteiger partial charge in [-0.3, -0.25) is 9.69 Å². The predicted octanol–water partition coefficient (Wildman–Crippen LogP) is 4.15. The molecular weight excluding hydrogens is 360 g/mol. The summed E-state index contributed by atoms with van der Waals surface area (Å²) in [7, 11) is 6.19. The molecule has 1 heterocycles. The number of likely N-dealkylation sites (N-methyl/N-ethyl adjacent to an activating group) is 2. The fourth-order valence-corrected chi connectivity index (χ4v) is 3.56. The van der Waals surface area contributed by atoms with Crippen LogP contribution in [0.2, 0.25) is 5.02 Å². The molecule has 0 fully saturated rings. The number of hydrogen-bond acceptors (Lipinski definition) is 4. The van der Waals surface area contributed by atoms with Crippen molar-refractivity contribution in [1.82, 2.24) is 4.90 Å². The number of hydrogen-bond donors (Lipinski definition) is 1. The molecule has 2 aromatic carbocycles. The van der Waals surface area contributed by atoms with Crippen molar-refractivity contribution in [3.05, 3.63) is 53.1 Å². The Morgan fingerprint density at radius 1 is 1.07 bits per heavy atom. The first-order valence-corrected chi connectivity index (χ1v) is 9.45. The number of rotatable bonds is 5. The van der Waals surface area contributed by atoms with E-state index in [1.807, 2.05) is 44.2 Å². The quantitative estimate of drug-likeness (QED) is 0.837. The first-order valence-electron chi connectivity index (χ1n) is 9.08. The zero-order valence-electron chi connectivity index (χ0n) is 16.6. The molecule has 2 aromatic rings. The van der Waals surface area contributed by atoms with Crippen molar-refractivity contribution in [2.45, 2.75) is 19.5 Å². The Morgan fingerprint density at radius 3 is 2.44 bits per heavy atom. The number of amides is 1. The van der Waals surface area contributed by atoms with Crippen molar-refractivity contribution >= 4 is 34.6 Å². The van der Waals surface area contributed by atoms with Crippen LogP contribution < -0.4 is 15.1 Å². The Kier molecular flexibility index (Phi) is 5.36. The topological polar surface area (TPSA) is 38.8 Å². The van der Waals surface area contributed by atoms with Crippen LogP contribution in [0.3, 0.4) is 0 Å². The summed E-state index contributed by atoms with van der Waals surface area (Å²) in [5, 5.41) is 4.07. The van der Waals surface area contributed by atoms with Gasteiger partial charge in [-0.15, -0.1) is 0 Å². The lowest BCUT2D eigenvalue weighted by Gasteiger charge is -2.44. The SMILES string of the molecule is CN(C)CCN(C)c1ccc2c(c1)NC(C)(C)N(c1ccccc1Cl)C2=O. The van der Waals surface area contributed by atoms with E-state index in [1.54, 1.807) is 11.0 Å². The van der Waals surface area contributed by atoms with Crippen molar-refractivity contribution in [3.8, 4) is 0 Å². The maximum Gasteiger partial charge on any atom is 0.262 e. The molecule has 0 radical (unpaired) electrons. The van der Waals surface area contributed by atoms with Gasteiger partial charge in [0.2, 0.25) is 0 Å². The van der Waals surface area contributed by atoms with E-state index in [1.165, 1.54) is 0 Å². The minimum atomic E-state index is -0.601. The largest absolute Gasteiger partial charge is 0.373 e. The predicted molar refractivity (Wildman–Crippen MR) is 114 cm³/mol. The second kappa shape index (κ2) is 7.41. The van der Waals surface area contributed by atoms with Gasteiger partial charge in [0.05, 0.1) is 22.0 Å². The Bertz CT molecular complexity index is 850. The second-order valence-corrected chi connectivity index (χ2v) is 8.14. The van der Waals surface area contributed by atoms with Gasteiger partial charge in [0.15, 0.2) is 0 Å². The lowest BCUT2D eigenvalue weighted by molar-refractivity contribution is 0.0961. The summed E-state index contributed by atoms with van der Waals surface area (Å²) in [5.41, 5.74) is 2.69. The highest BCUT2D eigenvalue weighted by atomic mass is 35.5. The monoisotopic (exact) mass is 386 g/mol. The molecule has 1 N–H and O–H groups in total. The third-order valence-electron chi connectivity index (χ3n) is 4.85. The summed E-state index contributed by atoms with van der Waals surface area (Å²) in [6.07, 6.45) is 0. The molecule has 3 rings (SSSR count). The van der Waals surface area contributed by atoms with E-state index in [9.17, 15) is 4.79 Å². The van der Waals surface area contributed by atoms with Crippen molar-refractivity contribution < 1.29 is 4.79 Å². The molecule has 0 aliphatic carbocycles. The molecule has 1 amide bonds. The van der Waals surface area contributed by atoms with E-state index in [-0.39, 0.29) is 5.91 Å². The van der Waals surface area contributed by atoms with Crippen molar-refractivity contribution in [3.63, 3.8) is 0 Å². The molecule has 144 valence electrons. The van der Waals surface area contributed by atoms with E-state index >= 15 is 0 Å². The number of halogens is 1. The van der Waals surface area contributed by atoms with Crippen molar-refractivity contribution in [2.24, 2.45) is 0 Å². The fraction of sp³-hybridized carbons (Fsp3) is 0.381. The highest BCUT2D eigenvalue weighted by molar-refractivity contribution is 6.34. The van der Waals surface area contributed by atoms with Gasteiger partial charge in [0.25, 0.3) is 5.91 Å². The molecule has 1 aliphatic rings. The third-order valence-corrected chi connectivity index (χ3v) is 5.17. The Morgan fingerprint density at radius 2 is 1.78 bits per heavy atom. The highest BCUT2D eigenvalue weighted by Gasteiger charge is 2.39. The van der Waals surface area contributed by atoms with Crippen LogP contribution in [0.15, 0.2) is 42.5 Å². The number of fused-ring (bicyclic) bond motifs is 1. The Balaban J connectivity index is 1.95. The number of nitrogens with zero attached hydrogens (tertiary/aromatic N) is 3. The fourth-order valence-electron chi connectivity index (χ4n) is 3.34. The zero-order valence-corrected chi connectivity index (χ0v) is 17.3. The lowest BCUT2D eigenvalue weighted by atomic mass is 10.00. The number of anilines is 3. The van der Waals surface area contributed by atoms with Crippen LogP contribution in [0.4, 0.5) is 17.1 Å². The van der Waals surface area contributed by atoms with E-state index < -0.39 is 5.66 Å². The summed E-state index contributed by atoms with van der Waals surface area (Å²) >= 11 is 6.37. The average Bonchev–Trinajstić information content (AvgIpc) is 2.60. The van der Waals surface area contributed by atoms with Crippen LogP contribution in [0.25, 0.3) is 0 Å².